The summed E-state index contributed by atoms with van der Waals surface area (Å²) in [7, 11) is 0. The average molecular weight is 418 g/mol. The van der Waals surface area contributed by atoms with Crippen molar-refractivity contribution < 1.29 is 14.1 Å². The van der Waals surface area contributed by atoms with Gasteiger partial charge in [0.1, 0.15) is 23.6 Å². The van der Waals surface area contributed by atoms with Gasteiger partial charge in [0.25, 0.3) is 11.8 Å². The molecule has 9 nitrogen and oxygen atoms in total. The Morgan fingerprint density at radius 3 is 2.77 bits per heavy atom. The van der Waals surface area contributed by atoms with Crippen molar-refractivity contribution in [3.8, 4) is 23.0 Å². The predicted octanol–water partition coefficient (Wildman–Crippen LogP) is 3.21. The molecule has 1 N–H and O–H groups in total. The van der Waals surface area contributed by atoms with E-state index in [1.807, 2.05) is 44.2 Å². The third-order valence-electron chi connectivity index (χ3n) is 4.57. The summed E-state index contributed by atoms with van der Waals surface area (Å²) in [5.74, 6) is 2.17. The Balaban J connectivity index is 1.42. The number of nitrogens with zero attached hydrogens (tertiary/aromatic N) is 5. The second-order valence-electron chi connectivity index (χ2n) is 6.66. The number of amides is 1. The number of carbonyl (C=O) groups is 1. The van der Waals surface area contributed by atoms with Crippen LogP contribution in [0.15, 0.2) is 59.6 Å². The molecule has 0 atom stereocenters. The molecule has 0 spiro atoms. The normalized spacial score (nSPS) is 10.8. The van der Waals surface area contributed by atoms with Gasteiger partial charge in [-0.2, -0.15) is 4.98 Å². The molecule has 4 aromatic rings. The topological polar surface area (TPSA) is 108 Å². The van der Waals surface area contributed by atoms with Crippen LogP contribution in [0.2, 0.25) is 0 Å². The van der Waals surface area contributed by atoms with E-state index in [0.717, 1.165) is 16.9 Å². The van der Waals surface area contributed by atoms with Crippen LogP contribution in [0.5, 0.6) is 5.75 Å². The minimum absolute atomic E-state index is 0.278. The highest BCUT2D eigenvalue weighted by Crippen LogP contribution is 2.19. The largest absolute Gasteiger partial charge is 0.494 e. The first-order chi connectivity index (χ1) is 15.2. The minimum atomic E-state index is -0.278. The second-order valence-corrected chi connectivity index (χ2v) is 6.66. The van der Waals surface area contributed by atoms with Crippen LogP contribution in [-0.4, -0.2) is 37.2 Å². The van der Waals surface area contributed by atoms with Crippen LogP contribution in [0.1, 0.15) is 35.7 Å². The fraction of sp³-hybridized carbons (Fsp3) is 0.227. The molecule has 3 heterocycles. The summed E-state index contributed by atoms with van der Waals surface area (Å²) in [6, 6.07) is 11.2. The predicted molar refractivity (Wildman–Crippen MR) is 113 cm³/mol. The molecule has 0 aliphatic carbocycles. The van der Waals surface area contributed by atoms with Crippen molar-refractivity contribution in [2.45, 2.75) is 26.8 Å². The minimum Gasteiger partial charge on any atom is -0.494 e. The van der Waals surface area contributed by atoms with Gasteiger partial charge in [0.05, 0.1) is 12.2 Å². The highest BCUT2D eigenvalue weighted by Gasteiger charge is 2.13. The van der Waals surface area contributed by atoms with Gasteiger partial charge in [-0.1, -0.05) is 30.3 Å². The summed E-state index contributed by atoms with van der Waals surface area (Å²) < 4.78 is 12.5. The quantitative estimate of drug-likeness (QED) is 0.468. The number of rotatable bonds is 8. The highest BCUT2D eigenvalue weighted by molar-refractivity contribution is 5.92. The van der Waals surface area contributed by atoms with Crippen LogP contribution in [0.25, 0.3) is 17.3 Å². The van der Waals surface area contributed by atoms with Crippen molar-refractivity contribution in [1.29, 1.82) is 0 Å². The lowest BCUT2D eigenvalue weighted by atomic mass is 10.2. The van der Waals surface area contributed by atoms with E-state index >= 15 is 0 Å². The number of hydrogen-bond donors (Lipinski definition) is 1. The summed E-state index contributed by atoms with van der Waals surface area (Å²) >= 11 is 0. The molecule has 1 aromatic carbocycles. The number of para-hydroxylation sites is 1. The van der Waals surface area contributed by atoms with Crippen molar-refractivity contribution in [3.05, 3.63) is 72.2 Å². The number of pyridine rings is 1. The van der Waals surface area contributed by atoms with Crippen LogP contribution in [0, 0.1) is 0 Å². The smallest absolute Gasteiger partial charge is 0.271 e. The van der Waals surface area contributed by atoms with Gasteiger partial charge in [0, 0.05) is 30.9 Å². The number of imidazole rings is 1. The van der Waals surface area contributed by atoms with Crippen molar-refractivity contribution >= 4 is 5.91 Å². The van der Waals surface area contributed by atoms with E-state index in [9.17, 15) is 4.79 Å². The van der Waals surface area contributed by atoms with Crippen molar-refractivity contribution in [1.82, 2.24) is 30.0 Å². The van der Waals surface area contributed by atoms with Crippen molar-refractivity contribution in [3.63, 3.8) is 0 Å². The van der Waals surface area contributed by atoms with E-state index in [1.165, 1.54) is 0 Å². The lowest BCUT2D eigenvalue weighted by molar-refractivity contribution is 0.0946. The molecule has 3 aromatic heterocycles. The maximum Gasteiger partial charge on any atom is 0.271 e. The third kappa shape index (κ3) is 4.61. The standard InChI is InChI=1S/C22H22N6O3/c1-3-19-26-22(31-27-19)16-9-10-20(23-12-16)28-13-17(25-14-28)21(29)24-11-15-7-5-6-8-18(15)30-4-2/h5-10,12-14H,3-4,11H2,1-2H3,(H,24,29). The van der Waals surface area contributed by atoms with E-state index < -0.39 is 0 Å². The first kappa shape index (κ1) is 20.3. The molecule has 0 aliphatic rings. The lowest BCUT2D eigenvalue weighted by Crippen LogP contribution is -2.23. The van der Waals surface area contributed by atoms with Gasteiger partial charge < -0.3 is 14.6 Å². The van der Waals surface area contributed by atoms with Crippen LogP contribution in [-0.2, 0) is 13.0 Å². The first-order valence-corrected chi connectivity index (χ1v) is 10.00. The maximum absolute atomic E-state index is 12.5. The Morgan fingerprint density at radius 2 is 2.03 bits per heavy atom. The van der Waals surface area contributed by atoms with Gasteiger partial charge in [-0.15, -0.1) is 0 Å². The molecule has 0 saturated heterocycles. The summed E-state index contributed by atoms with van der Waals surface area (Å²) in [5, 5.41) is 6.76. The number of nitrogens with one attached hydrogen (secondary N) is 1. The molecule has 4 rings (SSSR count). The van der Waals surface area contributed by atoms with E-state index in [2.05, 4.69) is 25.4 Å². The molecule has 0 saturated carbocycles. The Hall–Kier alpha value is -4.01. The summed E-state index contributed by atoms with van der Waals surface area (Å²) in [5.41, 5.74) is 1.92. The summed E-state index contributed by atoms with van der Waals surface area (Å²) in [6.45, 7) is 4.79. The Labute approximate surface area is 179 Å². The van der Waals surface area contributed by atoms with Gasteiger partial charge in [0.15, 0.2) is 5.82 Å². The van der Waals surface area contributed by atoms with Crippen molar-refractivity contribution in [2.75, 3.05) is 6.61 Å². The number of aryl methyl sites for hydroxylation is 1. The van der Waals surface area contributed by atoms with Gasteiger partial charge >= 0.3 is 0 Å². The van der Waals surface area contributed by atoms with E-state index in [0.29, 0.717) is 42.8 Å². The third-order valence-corrected chi connectivity index (χ3v) is 4.57. The first-order valence-electron chi connectivity index (χ1n) is 10.00. The zero-order valence-corrected chi connectivity index (χ0v) is 17.3. The number of aromatic nitrogens is 5. The van der Waals surface area contributed by atoms with E-state index in [4.69, 9.17) is 9.26 Å². The van der Waals surface area contributed by atoms with Gasteiger partial charge in [-0.25, -0.2) is 9.97 Å². The van der Waals surface area contributed by atoms with Crippen LogP contribution < -0.4 is 10.1 Å². The molecule has 0 unspecified atom stereocenters. The highest BCUT2D eigenvalue weighted by atomic mass is 16.5. The zero-order valence-electron chi connectivity index (χ0n) is 17.3. The summed E-state index contributed by atoms with van der Waals surface area (Å²) in [6.07, 6.45) is 5.53. The summed E-state index contributed by atoms with van der Waals surface area (Å²) in [4.78, 5) is 25.4. The molecular formula is C22H22N6O3. The van der Waals surface area contributed by atoms with Crippen LogP contribution in [0.4, 0.5) is 0 Å². The Kier molecular flexibility index (Phi) is 6.02. The van der Waals surface area contributed by atoms with E-state index in [1.54, 1.807) is 29.4 Å². The van der Waals surface area contributed by atoms with Crippen LogP contribution >= 0.6 is 0 Å². The fourth-order valence-electron chi connectivity index (χ4n) is 2.96. The Bertz CT molecular complexity index is 1170. The molecule has 0 aliphatic heterocycles. The number of hydrogen-bond acceptors (Lipinski definition) is 7. The monoisotopic (exact) mass is 418 g/mol. The number of benzene rings is 1. The zero-order chi connectivity index (χ0) is 21.6. The molecule has 158 valence electrons. The second kappa shape index (κ2) is 9.21. The van der Waals surface area contributed by atoms with Crippen LogP contribution in [0.3, 0.4) is 0 Å². The number of carbonyl (C=O) groups excluding carboxylic acids is 1. The van der Waals surface area contributed by atoms with Gasteiger partial charge in [0.2, 0.25) is 0 Å². The molecule has 9 heteroatoms. The molecular weight excluding hydrogens is 396 g/mol. The SMILES string of the molecule is CCOc1ccccc1CNC(=O)c1cn(-c2ccc(-c3nc(CC)no3)cn2)cn1. The number of ether oxygens (including phenoxy) is 1. The van der Waals surface area contributed by atoms with Crippen molar-refractivity contribution in [2.24, 2.45) is 0 Å². The Morgan fingerprint density at radius 1 is 1.16 bits per heavy atom. The van der Waals surface area contributed by atoms with Gasteiger partial charge in [-0.05, 0) is 25.1 Å². The lowest BCUT2D eigenvalue weighted by Gasteiger charge is -2.10. The van der Waals surface area contributed by atoms with E-state index in [-0.39, 0.29) is 5.91 Å². The molecule has 0 fully saturated rings. The molecule has 31 heavy (non-hydrogen) atoms. The maximum atomic E-state index is 12.5. The average Bonchev–Trinajstić information content (AvgIpc) is 3.49. The molecule has 1 amide bonds. The molecule has 0 bridgehead atoms. The fourth-order valence-corrected chi connectivity index (χ4v) is 2.96. The van der Waals surface area contributed by atoms with Gasteiger partial charge in [-0.3, -0.25) is 9.36 Å². The molecule has 0 radical (unpaired) electrons.